The summed E-state index contributed by atoms with van der Waals surface area (Å²) in [7, 11) is -3.30. The predicted molar refractivity (Wildman–Crippen MR) is 89.7 cm³/mol. The molecule has 2 amide bonds. The van der Waals surface area contributed by atoms with Gasteiger partial charge in [0.1, 0.15) is 5.76 Å². The van der Waals surface area contributed by atoms with Gasteiger partial charge in [-0.15, -0.1) is 0 Å². The summed E-state index contributed by atoms with van der Waals surface area (Å²) in [6.07, 6.45) is 1.58. The summed E-state index contributed by atoms with van der Waals surface area (Å²) in [5.41, 5.74) is 0.199. The van der Waals surface area contributed by atoms with Crippen molar-refractivity contribution >= 4 is 21.7 Å². The molecule has 138 valence electrons. The molecular formula is C16H23N3O5S. The maximum Gasteiger partial charge on any atom is 0.276 e. The van der Waals surface area contributed by atoms with E-state index in [1.54, 1.807) is 16.7 Å². The number of rotatable bonds is 3. The van der Waals surface area contributed by atoms with Gasteiger partial charge in [0.15, 0.2) is 21.9 Å². The molecule has 2 aliphatic heterocycles. The van der Waals surface area contributed by atoms with E-state index in [-0.39, 0.29) is 34.9 Å². The topological polar surface area (TPSA) is 101 Å². The molecule has 9 heteroatoms. The van der Waals surface area contributed by atoms with Crippen LogP contribution in [-0.2, 0) is 14.6 Å². The van der Waals surface area contributed by atoms with Crippen LogP contribution in [0.5, 0.6) is 0 Å². The Bertz CT molecular complexity index is 785. The van der Waals surface area contributed by atoms with Gasteiger partial charge in [-0.25, -0.2) is 13.4 Å². The molecule has 0 unspecified atom stereocenters. The Morgan fingerprint density at radius 2 is 1.84 bits per heavy atom. The van der Waals surface area contributed by atoms with Crippen molar-refractivity contribution < 1.29 is 22.4 Å². The smallest absolute Gasteiger partial charge is 0.276 e. The molecule has 0 aliphatic carbocycles. The number of amides is 2. The highest BCUT2D eigenvalue weighted by Crippen LogP contribution is 2.29. The molecule has 1 aromatic rings. The van der Waals surface area contributed by atoms with Gasteiger partial charge in [-0.1, -0.05) is 13.8 Å². The zero-order chi connectivity index (χ0) is 18.4. The summed E-state index contributed by atoms with van der Waals surface area (Å²) >= 11 is 0. The number of piperazine rings is 1. The van der Waals surface area contributed by atoms with E-state index >= 15 is 0 Å². The summed E-state index contributed by atoms with van der Waals surface area (Å²) in [5.74, 6) is -0.00211. The Labute approximate surface area is 147 Å². The van der Waals surface area contributed by atoms with Gasteiger partial charge in [-0.2, -0.15) is 0 Å². The molecule has 2 atom stereocenters. The number of fused-ring (bicyclic) bond motifs is 1. The third-order valence-electron chi connectivity index (χ3n) is 4.79. The third-order valence-corrected chi connectivity index (χ3v) is 6.49. The predicted octanol–water partition coefficient (Wildman–Crippen LogP) is 0.479. The highest BCUT2D eigenvalue weighted by molar-refractivity contribution is 7.91. The number of aromatic nitrogens is 1. The third kappa shape index (κ3) is 3.42. The van der Waals surface area contributed by atoms with Crippen LogP contribution in [-0.4, -0.2) is 71.7 Å². The fourth-order valence-electron chi connectivity index (χ4n) is 3.63. The van der Waals surface area contributed by atoms with E-state index in [4.69, 9.17) is 4.42 Å². The van der Waals surface area contributed by atoms with Crippen LogP contribution in [0.3, 0.4) is 0 Å². The van der Waals surface area contributed by atoms with Crippen molar-refractivity contribution in [1.82, 2.24) is 14.8 Å². The Hall–Kier alpha value is -1.90. The molecular weight excluding hydrogens is 346 g/mol. The van der Waals surface area contributed by atoms with Crippen LogP contribution < -0.4 is 0 Å². The van der Waals surface area contributed by atoms with Crippen molar-refractivity contribution in [1.29, 1.82) is 0 Å². The number of aryl methyl sites for hydroxylation is 1. The van der Waals surface area contributed by atoms with Crippen LogP contribution in [0, 0.1) is 12.8 Å². The Balaban J connectivity index is 1.87. The highest BCUT2D eigenvalue weighted by atomic mass is 32.2. The van der Waals surface area contributed by atoms with Gasteiger partial charge in [-0.3, -0.25) is 9.59 Å². The van der Waals surface area contributed by atoms with Gasteiger partial charge in [0.05, 0.1) is 23.6 Å². The maximum atomic E-state index is 12.8. The summed E-state index contributed by atoms with van der Waals surface area (Å²) in [6.45, 7) is 6.18. The van der Waals surface area contributed by atoms with Crippen LogP contribution in [0.1, 0.15) is 36.5 Å². The Morgan fingerprint density at radius 3 is 2.40 bits per heavy atom. The number of carbonyl (C=O) groups is 2. The summed E-state index contributed by atoms with van der Waals surface area (Å²) in [6, 6.07) is -1.01. The largest absolute Gasteiger partial charge is 0.448 e. The monoisotopic (exact) mass is 369 g/mol. The van der Waals surface area contributed by atoms with Crippen molar-refractivity contribution in [3.63, 3.8) is 0 Å². The average Bonchev–Trinajstić information content (AvgIpc) is 3.06. The first-order valence-electron chi connectivity index (χ1n) is 8.40. The number of oxazole rings is 1. The number of nitrogens with zero attached hydrogens (tertiary/aromatic N) is 3. The van der Waals surface area contributed by atoms with Gasteiger partial charge >= 0.3 is 0 Å². The molecule has 3 heterocycles. The highest BCUT2D eigenvalue weighted by Gasteiger charge is 2.49. The Morgan fingerprint density at radius 1 is 1.24 bits per heavy atom. The maximum absolute atomic E-state index is 12.8. The minimum atomic E-state index is -3.30. The van der Waals surface area contributed by atoms with E-state index < -0.39 is 21.9 Å². The van der Waals surface area contributed by atoms with E-state index in [1.165, 1.54) is 6.39 Å². The van der Waals surface area contributed by atoms with Crippen molar-refractivity contribution in [3.05, 3.63) is 17.8 Å². The fourth-order valence-corrected chi connectivity index (χ4v) is 5.61. The van der Waals surface area contributed by atoms with Gasteiger partial charge in [0.2, 0.25) is 5.91 Å². The van der Waals surface area contributed by atoms with Crippen LogP contribution in [0.25, 0.3) is 0 Å². The van der Waals surface area contributed by atoms with Crippen LogP contribution in [0.15, 0.2) is 10.8 Å². The van der Waals surface area contributed by atoms with E-state index in [0.717, 1.165) is 0 Å². The molecule has 3 rings (SSSR count). The molecule has 8 nitrogen and oxygen atoms in total. The lowest BCUT2D eigenvalue weighted by Crippen LogP contribution is -2.62. The van der Waals surface area contributed by atoms with E-state index in [1.807, 2.05) is 13.8 Å². The molecule has 0 bridgehead atoms. The summed E-state index contributed by atoms with van der Waals surface area (Å²) in [5, 5.41) is 0. The standard InChI is InChI=1S/C16H23N3O5S/c1-10(2)6-14(20)18-4-5-19(13-8-25(22,23)7-12(13)18)16(21)15-11(3)24-9-17-15/h9-10,12-13H,4-8H2,1-3H3/t12-,13+/m1/s1. The summed E-state index contributed by atoms with van der Waals surface area (Å²) in [4.78, 5) is 32.5. The van der Waals surface area contributed by atoms with E-state index in [0.29, 0.717) is 25.3 Å². The SMILES string of the molecule is Cc1ocnc1C(=O)N1CCN(C(=O)CC(C)C)[C@@H]2CS(=O)(=O)C[C@@H]21. The number of hydrogen-bond acceptors (Lipinski definition) is 6. The first kappa shape index (κ1) is 17.9. The molecule has 0 spiro atoms. The molecule has 25 heavy (non-hydrogen) atoms. The zero-order valence-electron chi connectivity index (χ0n) is 14.6. The van der Waals surface area contributed by atoms with Crippen molar-refractivity contribution in [3.8, 4) is 0 Å². The second-order valence-corrected chi connectivity index (χ2v) is 9.31. The minimum Gasteiger partial charge on any atom is -0.448 e. The molecule has 1 aromatic heterocycles. The lowest BCUT2D eigenvalue weighted by atomic mass is 10.0. The van der Waals surface area contributed by atoms with Crippen LogP contribution >= 0.6 is 0 Å². The lowest BCUT2D eigenvalue weighted by Gasteiger charge is -2.43. The minimum absolute atomic E-state index is 0.0492. The van der Waals surface area contributed by atoms with E-state index in [9.17, 15) is 18.0 Å². The van der Waals surface area contributed by atoms with Gasteiger partial charge in [0, 0.05) is 19.5 Å². The number of carbonyl (C=O) groups excluding carboxylic acids is 2. The van der Waals surface area contributed by atoms with Crippen molar-refractivity contribution in [2.24, 2.45) is 5.92 Å². The van der Waals surface area contributed by atoms with Crippen LogP contribution in [0.2, 0.25) is 0 Å². The lowest BCUT2D eigenvalue weighted by molar-refractivity contribution is -0.137. The Kier molecular flexibility index (Phi) is 4.61. The second-order valence-electron chi connectivity index (χ2n) is 7.15. The molecule has 2 aliphatic rings. The number of sulfone groups is 1. The molecule has 2 fully saturated rings. The molecule has 0 N–H and O–H groups in total. The molecule has 0 radical (unpaired) electrons. The van der Waals surface area contributed by atoms with Gasteiger partial charge < -0.3 is 14.2 Å². The first-order valence-corrected chi connectivity index (χ1v) is 10.2. The molecule has 2 saturated heterocycles. The van der Waals surface area contributed by atoms with Gasteiger partial charge in [0.25, 0.3) is 5.91 Å². The van der Waals surface area contributed by atoms with Crippen LogP contribution in [0.4, 0.5) is 0 Å². The van der Waals surface area contributed by atoms with Crippen molar-refractivity contribution in [2.75, 3.05) is 24.6 Å². The molecule has 0 saturated carbocycles. The fraction of sp³-hybridized carbons (Fsp3) is 0.688. The first-order chi connectivity index (χ1) is 11.7. The second kappa shape index (κ2) is 6.44. The summed E-state index contributed by atoms with van der Waals surface area (Å²) < 4.78 is 29.5. The quantitative estimate of drug-likeness (QED) is 0.768. The average molecular weight is 369 g/mol. The normalized spacial score (nSPS) is 25.3. The van der Waals surface area contributed by atoms with Crippen molar-refractivity contribution in [2.45, 2.75) is 39.3 Å². The van der Waals surface area contributed by atoms with E-state index in [2.05, 4.69) is 4.98 Å². The number of hydrogen-bond donors (Lipinski definition) is 0. The zero-order valence-corrected chi connectivity index (χ0v) is 15.5. The van der Waals surface area contributed by atoms with Gasteiger partial charge in [-0.05, 0) is 12.8 Å². The molecule has 0 aromatic carbocycles.